The van der Waals surface area contributed by atoms with Gasteiger partial charge in [-0.1, -0.05) is 11.6 Å². The molecule has 0 amide bonds. The van der Waals surface area contributed by atoms with Crippen molar-refractivity contribution < 1.29 is 4.74 Å². The van der Waals surface area contributed by atoms with Crippen molar-refractivity contribution in [3.63, 3.8) is 0 Å². The van der Waals surface area contributed by atoms with Crippen molar-refractivity contribution >= 4 is 17.3 Å². The summed E-state index contributed by atoms with van der Waals surface area (Å²) in [6.07, 6.45) is 2.34. The van der Waals surface area contributed by atoms with E-state index in [0.717, 1.165) is 6.42 Å². The maximum Gasteiger partial charge on any atom is 0.285 e. The number of H-pyrrole nitrogens is 1. The van der Waals surface area contributed by atoms with Gasteiger partial charge in [0.2, 0.25) is 0 Å². The molecule has 1 aromatic rings. The second-order valence-electron chi connectivity index (χ2n) is 3.99. The summed E-state index contributed by atoms with van der Waals surface area (Å²) in [6, 6.07) is -0.0297. The van der Waals surface area contributed by atoms with Crippen LogP contribution < -0.4 is 16.6 Å². The highest BCUT2D eigenvalue weighted by Crippen LogP contribution is 2.27. The number of nitrogens with one attached hydrogen (secondary N) is 2. The van der Waals surface area contributed by atoms with Crippen LogP contribution in [0.4, 0.5) is 5.69 Å². The fourth-order valence-corrected chi connectivity index (χ4v) is 2.04. The van der Waals surface area contributed by atoms with E-state index < -0.39 is 5.56 Å². The van der Waals surface area contributed by atoms with E-state index in [0.29, 0.717) is 12.3 Å². The third kappa shape index (κ3) is 2.43. The number of nitrogens with zero attached hydrogens (tertiary/aromatic N) is 1. The van der Waals surface area contributed by atoms with Crippen LogP contribution >= 0.6 is 11.6 Å². The zero-order valence-corrected chi connectivity index (χ0v) is 10.2. The van der Waals surface area contributed by atoms with Crippen LogP contribution in [0.25, 0.3) is 0 Å². The second kappa shape index (κ2) is 5.03. The lowest BCUT2D eigenvalue weighted by Gasteiger charge is -2.42. The Morgan fingerprint density at radius 1 is 1.76 bits per heavy atom. The summed E-state index contributed by atoms with van der Waals surface area (Å²) in [5.41, 5.74) is 5.95. The molecule has 17 heavy (non-hydrogen) atoms. The van der Waals surface area contributed by atoms with Gasteiger partial charge in [-0.2, -0.15) is 5.10 Å². The predicted molar refractivity (Wildman–Crippen MR) is 65.3 cm³/mol. The number of aromatic amines is 1. The molecular weight excluding hydrogens is 244 g/mol. The third-order valence-electron chi connectivity index (χ3n) is 2.86. The molecule has 4 N–H and O–H groups in total. The molecule has 3 atom stereocenters. The van der Waals surface area contributed by atoms with Gasteiger partial charge in [0.05, 0.1) is 24.0 Å². The molecule has 0 radical (unpaired) electrons. The first-order valence-electron chi connectivity index (χ1n) is 5.50. The number of hydrogen-bond acceptors (Lipinski definition) is 5. The molecule has 1 fully saturated rings. The van der Waals surface area contributed by atoms with Gasteiger partial charge in [0, 0.05) is 12.6 Å². The van der Waals surface area contributed by atoms with Crippen LogP contribution in [0.3, 0.4) is 0 Å². The van der Waals surface area contributed by atoms with E-state index in [2.05, 4.69) is 15.5 Å². The number of halogens is 1. The molecule has 0 aliphatic heterocycles. The summed E-state index contributed by atoms with van der Waals surface area (Å²) >= 11 is 5.86. The van der Waals surface area contributed by atoms with E-state index in [1.807, 2.05) is 6.92 Å². The third-order valence-corrected chi connectivity index (χ3v) is 3.24. The number of hydrogen-bond donors (Lipinski definition) is 3. The molecule has 7 heteroatoms. The molecule has 1 aliphatic carbocycles. The molecule has 3 unspecified atom stereocenters. The SMILES string of the molecule is CCOC1CC(N)C1Nc1cn[nH]c(=O)c1Cl. The Labute approximate surface area is 103 Å². The van der Waals surface area contributed by atoms with Gasteiger partial charge in [-0.25, -0.2) is 5.10 Å². The Bertz CT molecular complexity index is 448. The van der Waals surface area contributed by atoms with Crippen molar-refractivity contribution in [1.29, 1.82) is 0 Å². The molecule has 1 aromatic heterocycles. The van der Waals surface area contributed by atoms with Crippen LogP contribution in [0.15, 0.2) is 11.0 Å². The normalized spacial score (nSPS) is 27.6. The lowest BCUT2D eigenvalue weighted by Crippen LogP contribution is -2.60. The molecule has 0 spiro atoms. The molecule has 94 valence electrons. The van der Waals surface area contributed by atoms with E-state index in [9.17, 15) is 4.79 Å². The zero-order valence-electron chi connectivity index (χ0n) is 9.44. The van der Waals surface area contributed by atoms with E-state index in [1.165, 1.54) is 6.20 Å². The van der Waals surface area contributed by atoms with Crippen LogP contribution in [0.2, 0.25) is 5.02 Å². The predicted octanol–water partition coefficient (Wildman–Crippen LogP) is 0.340. The number of aromatic nitrogens is 2. The minimum absolute atomic E-state index is 0.00176. The maximum absolute atomic E-state index is 11.3. The van der Waals surface area contributed by atoms with Gasteiger partial charge < -0.3 is 15.8 Å². The number of ether oxygens (including phenoxy) is 1. The van der Waals surface area contributed by atoms with Gasteiger partial charge in [-0.15, -0.1) is 0 Å². The van der Waals surface area contributed by atoms with Gasteiger partial charge in [0.25, 0.3) is 5.56 Å². The highest BCUT2D eigenvalue weighted by molar-refractivity contribution is 6.32. The first kappa shape index (κ1) is 12.3. The molecule has 1 saturated carbocycles. The fourth-order valence-electron chi connectivity index (χ4n) is 1.89. The topological polar surface area (TPSA) is 93.0 Å². The van der Waals surface area contributed by atoms with Crippen molar-refractivity contribution in [2.75, 3.05) is 11.9 Å². The van der Waals surface area contributed by atoms with E-state index in [4.69, 9.17) is 22.1 Å². The van der Waals surface area contributed by atoms with Gasteiger partial charge in [0.1, 0.15) is 5.02 Å². The first-order valence-corrected chi connectivity index (χ1v) is 5.88. The average molecular weight is 259 g/mol. The molecule has 0 aromatic carbocycles. The Balaban J connectivity index is 2.09. The summed E-state index contributed by atoms with van der Waals surface area (Å²) in [4.78, 5) is 11.3. The van der Waals surface area contributed by atoms with Crippen molar-refractivity contribution in [3.8, 4) is 0 Å². The highest BCUT2D eigenvalue weighted by Gasteiger charge is 2.39. The number of rotatable bonds is 4. The van der Waals surface area contributed by atoms with Gasteiger partial charge in [0.15, 0.2) is 0 Å². The van der Waals surface area contributed by atoms with Crippen LogP contribution in [0, 0.1) is 0 Å². The smallest absolute Gasteiger partial charge is 0.285 e. The molecule has 1 aliphatic rings. The van der Waals surface area contributed by atoms with Crippen LogP contribution in [0.5, 0.6) is 0 Å². The molecule has 2 rings (SSSR count). The van der Waals surface area contributed by atoms with Crippen molar-refractivity contribution in [2.24, 2.45) is 5.73 Å². The van der Waals surface area contributed by atoms with Gasteiger partial charge in [-0.05, 0) is 13.3 Å². The van der Waals surface area contributed by atoms with E-state index in [-0.39, 0.29) is 23.2 Å². The molecule has 6 nitrogen and oxygen atoms in total. The van der Waals surface area contributed by atoms with Crippen LogP contribution in [-0.2, 0) is 4.74 Å². The quantitative estimate of drug-likeness (QED) is 0.724. The van der Waals surface area contributed by atoms with Gasteiger partial charge in [-0.3, -0.25) is 4.79 Å². The van der Waals surface area contributed by atoms with Gasteiger partial charge >= 0.3 is 0 Å². The largest absolute Gasteiger partial charge is 0.376 e. The maximum atomic E-state index is 11.3. The zero-order chi connectivity index (χ0) is 12.4. The Kier molecular flexibility index (Phi) is 3.66. The molecule has 0 saturated heterocycles. The van der Waals surface area contributed by atoms with Crippen molar-refractivity contribution in [1.82, 2.24) is 10.2 Å². The Morgan fingerprint density at radius 2 is 2.53 bits per heavy atom. The minimum atomic E-state index is -0.419. The lowest BCUT2D eigenvalue weighted by atomic mass is 9.83. The van der Waals surface area contributed by atoms with Crippen LogP contribution in [0.1, 0.15) is 13.3 Å². The van der Waals surface area contributed by atoms with Crippen molar-refractivity contribution in [3.05, 3.63) is 21.6 Å². The number of nitrogens with two attached hydrogens (primary N) is 1. The monoisotopic (exact) mass is 258 g/mol. The fraction of sp³-hybridized carbons (Fsp3) is 0.600. The summed E-state index contributed by atoms with van der Waals surface area (Å²) in [5.74, 6) is 0. The second-order valence-corrected chi connectivity index (χ2v) is 4.37. The van der Waals surface area contributed by atoms with Crippen molar-refractivity contribution in [2.45, 2.75) is 31.5 Å². The minimum Gasteiger partial charge on any atom is -0.376 e. The summed E-state index contributed by atoms with van der Waals surface area (Å²) in [7, 11) is 0. The summed E-state index contributed by atoms with van der Waals surface area (Å²) in [6.45, 7) is 2.57. The Morgan fingerprint density at radius 3 is 3.18 bits per heavy atom. The average Bonchev–Trinajstić information content (AvgIpc) is 2.31. The molecule has 0 bridgehead atoms. The summed E-state index contributed by atoms with van der Waals surface area (Å²) < 4.78 is 5.51. The molecule has 1 heterocycles. The van der Waals surface area contributed by atoms with E-state index in [1.54, 1.807) is 0 Å². The Hall–Kier alpha value is -1.11. The highest BCUT2D eigenvalue weighted by atomic mass is 35.5. The summed E-state index contributed by atoms with van der Waals surface area (Å²) in [5, 5.41) is 9.14. The molecular formula is C10H15ClN4O2. The standard InChI is InChI=1S/C10H15ClN4O2/c1-2-17-7-3-5(12)9(7)14-6-4-13-15-10(16)8(6)11/h4-5,7,9H,2-3,12H2,1H3,(H2,14,15,16). The first-order chi connectivity index (χ1) is 8.13. The van der Waals surface area contributed by atoms with E-state index >= 15 is 0 Å². The lowest BCUT2D eigenvalue weighted by molar-refractivity contribution is -0.0126. The van der Waals surface area contributed by atoms with Crippen LogP contribution in [-0.4, -0.2) is 35.0 Å². The number of anilines is 1.